The molecule has 4 heteroatoms. The van der Waals surface area contributed by atoms with E-state index >= 15 is 0 Å². The van der Waals surface area contributed by atoms with Gasteiger partial charge >= 0.3 is 0 Å². The molecular weight excluding hydrogens is 231 g/mol. The van der Waals surface area contributed by atoms with Gasteiger partial charge in [-0.2, -0.15) is 0 Å². The van der Waals surface area contributed by atoms with Gasteiger partial charge in [-0.05, 0) is 36.5 Å². The Hall–Kier alpha value is -1.42. The maximum absolute atomic E-state index is 13.9. The van der Waals surface area contributed by atoms with Crippen LogP contribution in [-0.4, -0.2) is 30.4 Å². The third kappa shape index (κ3) is 1.42. The first-order valence-electron chi connectivity index (χ1n) is 6.33. The summed E-state index contributed by atoms with van der Waals surface area (Å²) in [5.74, 6) is -0.107. The Morgan fingerprint density at radius 3 is 2.83 bits per heavy atom. The van der Waals surface area contributed by atoms with Crippen molar-refractivity contribution in [3.8, 4) is 0 Å². The summed E-state index contributed by atoms with van der Waals surface area (Å²) in [5, 5.41) is 0. The highest BCUT2D eigenvalue weighted by molar-refractivity contribution is 5.90. The van der Waals surface area contributed by atoms with Crippen LogP contribution < -0.4 is 5.73 Å². The number of amides is 1. The lowest BCUT2D eigenvalue weighted by molar-refractivity contribution is -0.139. The zero-order chi connectivity index (χ0) is 12.9. The third-order valence-electron chi connectivity index (χ3n) is 4.31. The fourth-order valence-electron chi connectivity index (χ4n) is 3.35. The molecule has 2 N–H and O–H groups in total. The molecule has 1 aromatic rings. The minimum absolute atomic E-state index is 0.0524. The van der Waals surface area contributed by atoms with Gasteiger partial charge in [0.15, 0.2) is 0 Å². The van der Waals surface area contributed by atoms with Crippen LogP contribution >= 0.6 is 0 Å². The molecule has 0 aromatic heterocycles. The summed E-state index contributed by atoms with van der Waals surface area (Å²) < 4.78 is 13.9. The average molecular weight is 248 g/mol. The van der Waals surface area contributed by atoms with E-state index in [-0.39, 0.29) is 17.8 Å². The van der Waals surface area contributed by atoms with Crippen molar-refractivity contribution in [2.24, 2.45) is 5.73 Å². The molecule has 1 aliphatic heterocycles. The van der Waals surface area contributed by atoms with Crippen LogP contribution in [0.3, 0.4) is 0 Å². The molecule has 2 aliphatic rings. The Morgan fingerprint density at radius 2 is 2.17 bits per heavy atom. The molecule has 1 aromatic carbocycles. The number of likely N-dealkylation sites (N-methyl/N-ethyl adjacent to an activating group) is 1. The summed E-state index contributed by atoms with van der Waals surface area (Å²) >= 11 is 0. The number of fused-ring (bicyclic) bond motifs is 2. The van der Waals surface area contributed by atoms with Crippen LogP contribution in [0.1, 0.15) is 24.0 Å². The molecule has 1 fully saturated rings. The molecule has 96 valence electrons. The molecule has 1 saturated carbocycles. The van der Waals surface area contributed by atoms with E-state index in [1.54, 1.807) is 18.0 Å². The quantitative estimate of drug-likeness (QED) is 0.750. The number of benzene rings is 1. The van der Waals surface area contributed by atoms with Gasteiger partial charge in [0.2, 0.25) is 5.91 Å². The van der Waals surface area contributed by atoms with Crippen molar-refractivity contribution in [2.45, 2.75) is 30.7 Å². The van der Waals surface area contributed by atoms with Gasteiger partial charge in [-0.15, -0.1) is 0 Å². The lowest BCUT2D eigenvalue weighted by atomic mass is 9.60. The Kier molecular flexibility index (Phi) is 2.45. The summed E-state index contributed by atoms with van der Waals surface area (Å²) in [5.41, 5.74) is 6.86. The van der Waals surface area contributed by atoms with Crippen LogP contribution in [0.2, 0.25) is 0 Å². The van der Waals surface area contributed by atoms with E-state index in [9.17, 15) is 9.18 Å². The highest BCUT2D eigenvalue weighted by Crippen LogP contribution is 2.47. The van der Waals surface area contributed by atoms with Gasteiger partial charge in [-0.25, -0.2) is 4.39 Å². The first-order chi connectivity index (χ1) is 8.54. The van der Waals surface area contributed by atoms with Crippen LogP contribution in [0.5, 0.6) is 0 Å². The summed E-state index contributed by atoms with van der Waals surface area (Å²) in [6, 6.07) is 5.11. The smallest absolute Gasteiger partial charge is 0.233 e. The minimum Gasteiger partial charge on any atom is -0.345 e. The third-order valence-corrected chi connectivity index (χ3v) is 4.31. The fourth-order valence-corrected chi connectivity index (χ4v) is 3.35. The number of carbonyl (C=O) groups excluding carboxylic acids is 1. The second kappa shape index (κ2) is 3.79. The zero-order valence-corrected chi connectivity index (χ0v) is 10.4. The van der Waals surface area contributed by atoms with Crippen LogP contribution in [0, 0.1) is 5.82 Å². The molecule has 1 heterocycles. The molecule has 3 rings (SSSR count). The van der Waals surface area contributed by atoms with Crippen molar-refractivity contribution in [3.63, 3.8) is 0 Å². The number of nitrogens with two attached hydrogens (primary N) is 1. The van der Waals surface area contributed by atoms with Crippen molar-refractivity contribution >= 4 is 5.91 Å². The number of carbonyl (C=O) groups is 1. The van der Waals surface area contributed by atoms with E-state index in [2.05, 4.69) is 0 Å². The van der Waals surface area contributed by atoms with Crippen LogP contribution in [0.25, 0.3) is 0 Å². The monoisotopic (exact) mass is 248 g/mol. The summed E-state index contributed by atoms with van der Waals surface area (Å²) in [4.78, 5) is 14.2. The second-order valence-electron chi connectivity index (χ2n) is 5.49. The molecule has 0 unspecified atom stereocenters. The van der Waals surface area contributed by atoms with Gasteiger partial charge in [0.25, 0.3) is 0 Å². The van der Waals surface area contributed by atoms with Crippen LogP contribution in [-0.2, 0) is 16.6 Å². The molecule has 1 aliphatic carbocycles. The topological polar surface area (TPSA) is 46.3 Å². The van der Waals surface area contributed by atoms with E-state index in [4.69, 9.17) is 5.73 Å². The predicted molar refractivity (Wildman–Crippen MR) is 66.6 cm³/mol. The zero-order valence-electron chi connectivity index (χ0n) is 10.4. The van der Waals surface area contributed by atoms with Gasteiger partial charge in [0, 0.05) is 19.6 Å². The van der Waals surface area contributed by atoms with E-state index in [0.29, 0.717) is 31.4 Å². The molecular formula is C14H17FN2O. The number of halogens is 1. The number of hydrogen-bond acceptors (Lipinski definition) is 2. The van der Waals surface area contributed by atoms with Gasteiger partial charge < -0.3 is 10.6 Å². The molecule has 0 bridgehead atoms. The highest BCUT2D eigenvalue weighted by Gasteiger charge is 2.53. The van der Waals surface area contributed by atoms with E-state index in [1.165, 1.54) is 6.07 Å². The Labute approximate surface area is 106 Å². The Bertz CT molecular complexity index is 509. The molecule has 1 spiro atoms. The maximum atomic E-state index is 13.9. The summed E-state index contributed by atoms with van der Waals surface area (Å²) in [6.45, 7) is 0.573. The predicted octanol–water partition coefficient (Wildman–Crippen LogP) is 1.20. The lowest BCUT2D eigenvalue weighted by Crippen LogP contribution is -2.57. The minimum atomic E-state index is -0.567. The Morgan fingerprint density at radius 1 is 1.44 bits per heavy atom. The van der Waals surface area contributed by atoms with Gasteiger partial charge in [-0.3, -0.25) is 4.79 Å². The largest absolute Gasteiger partial charge is 0.345 e. The number of nitrogens with zero attached hydrogens (tertiary/aromatic N) is 1. The van der Waals surface area contributed by atoms with Crippen molar-refractivity contribution in [1.82, 2.24) is 4.90 Å². The highest BCUT2D eigenvalue weighted by atomic mass is 19.1. The first kappa shape index (κ1) is 11.7. The standard InChI is InChI=1S/C14H17FN2O/c1-17-6-5-10-11(3-2-4-12(10)15)14(13(17)18)7-9(16)8-14/h2-4,9H,5-8,16H2,1H3. The van der Waals surface area contributed by atoms with Crippen molar-refractivity contribution in [3.05, 3.63) is 35.1 Å². The SMILES string of the molecule is CN1CCc2c(F)cccc2C2(CC(N)C2)C1=O. The molecule has 1 amide bonds. The molecule has 0 saturated heterocycles. The summed E-state index contributed by atoms with van der Waals surface area (Å²) in [6.07, 6.45) is 1.85. The fraction of sp³-hybridized carbons (Fsp3) is 0.500. The Balaban J connectivity index is 2.17. The van der Waals surface area contributed by atoms with Crippen LogP contribution in [0.15, 0.2) is 18.2 Å². The molecule has 0 radical (unpaired) electrons. The van der Waals surface area contributed by atoms with Gasteiger partial charge in [0.05, 0.1) is 5.41 Å². The summed E-state index contributed by atoms with van der Waals surface area (Å²) in [7, 11) is 1.79. The first-order valence-corrected chi connectivity index (χ1v) is 6.33. The molecule has 3 nitrogen and oxygen atoms in total. The number of hydrogen-bond donors (Lipinski definition) is 1. The van der Waals surface area contributed by atoms with Crippen molar-refractivity contribution in [2.75, 3.05) is 13.6 Å². The lowest BCUT2D eigenvalue weighted by Gasteiger charge is -2.46. The molecule has 0 atom stereocenters. The second-order valence-corrected chi connectivity index (χ2v) is 5.49. The van der Waals surface area contributed by atoms with E-state index in [0.717, 1.165) is 5.56 Å². The van der Waals surface area contributed by atoms with Crippen LogP contribution in [0.4, 0.5) is 4.39 Å². The van der Waals surface area contributed by atoms with Gasteiger partial charge in [0.1, 0.15) is 5.82 Å². The van der Waals surface area contributed by atoms with E-state index < -0.39 is 5.41 Å². The van der Waals surface area contributed by atoms with Crippen molar-refractivity contribution in [1.29, 1.82) is 0 Å². The number of rotatable bonds is 0. The normalized spacial score (nSPS) is 30.9. The molecule has 18 heavy (non-hydrogen) atoms. The van der Waals surface area contributed by atoms with Gasteiger partial charge in [-0.1, -0.05) is 12.1 Å². The van der Waals surface area contributed by atoms with E-state index in [1.807, 2.05) is 6.07 Å². The maximum Gasteiger partial charge on any atom is 0.233 e. The average Bonchev–Trinajstić information content (AvgIpc) is 2.41. The van der Waals surface area contributed by atoms with Crippen molar-refractivity contribution < 1.29 is 9.18 Å².